The Balaban J connectivity index is 2.39. The van der Waals surface area contributed by atoms with Gasteiger partial charge in [-0.15, -0.1) is 0 Å². The van der Waals surface area contributed by atoms with Gasteiger partial charge in [0.05, 0.1) is 5.69 Å². The van der Waals surface area contributed by atoms with Gasteiger partial charge in [0.2, 0.25) is 0 Å². The maximum absolute atomic E-state index is 5.96. The van der Waals surface area contributed by atoms with E-state index in [1.54, 1.807) is 0 Å². The molecule has 0 radical (unpaired) electrons. The highest BCUT2D eigenvalue weighted by Crippen LogP contribution is 2.29. The van der Waals surface area contributed by atoms with Crippen LogP contribution >= 0.6 is 27.5 Å². The van der Waals surface area contributed by atoms with Gasteiger partial charge < -0.3 is 10.6 Å². The Labute approximate surface area is 138 Å². The second kappa shape index (κ2) is 6.20. The topological polar surface area (TPSA) is 49.8 Å². The van der Waals surface area contributed by atoms with Gasteiger partial charge >= 0.3 is 0 Å². The van der Waals surface area contributed by atoms with E-state index in [-0.39, 0.29) is 5.41 Å². The van der Waals surface area contributed by atoms with Crippen molar-refractivity contribution in [3.8, 4) is 0 Å². The number of anilines is 3. The Kier molecular flexibility index (Phi) is 4.74. The standard InChI is InChI=1S/C15H18BrClN4/c1-15(2,3)14-20-12(18-4)8-13(21-14)19-11-6-5-9(17)7-10(11)16/h5-8H,1-4H3,(H2,18,19,20,21). The minimum absolute atomic E-state index is 0.124. The summed E-state index contributed by atoms with van der Waals surface area (Å²) in [7, 11) is 1.84. The number of hydrogen-bond donors (Lipinski definition) is 2. The molecule has 0 bridgehead atoms. The molecule has 2 N–H and O–H groups in total. The first-order valence-corrected chi connectivity index (χ1v) is 7.76. The van der Waals surface area contributed by atoms with Gasteiger partial charge in [0.1, 0.15) is 17.5 Å². The highest BCUT2D eigenvalue weighted by Gasteiger charge is 2.19. The predicted molar refractivity (Wildman–Crippen MR) is 92.7 cm³/mol. The van der Waals surface area contributed by atoms with Crippen molar-refractivity contribution in [2.24, 2.45) is 0 Å². The van der Waals surface area contributed by atoms with E-state index >= 15 is 0 Å². The monoisotopic (exact) mass is 368 g/mol. The highest BCUT2D eigenvalue weighted by molar-refractivity contribution is 9.10. The first kappa shape index (κ1) is 16.0. The zero-order valence-corrected chi connectivity index (χ0v) is 14.8. The molecule has 0 saturated heterocycles. The van der Waals surface area contributed by atoms with Gasteiger partial charge in [-0.05, 0) is 34.1 Å². The van der Waals surface area contributed by atoms with Crippen LogP contribution in [0.1, 0.15) is 26.6 Å². The molecular formula is C15H18BrClN4. The number of benzene rings is 1. The average Bonchev–Trinajstić information content (AvgIpc) is 2.40. The van der Waals surface area contributed by atoms with Crippen molar-refractivity contribution in [3.05, 3.63) is 39.6 Å². The van der Waals surface area contributed by atoms with E-state index in [9.17, 15) is 0 Å². The molecule has 0 saturated carbocycles. The summed E-state index contributed by atoms with van der Waals surface area (Å²) in [5.74, 6) is 2.30. The Bertz CT molecular complexity index is 653. The van der Waals surface area contributed by atoms with Crippen LogP contribution in [-0.2, 0) is 5.41 Å². The molecule has 0 amide bonds. The summed E-state index contributed by atoms with van der Waals surface area (Å²) < 4.78 is 0.886. The molecule has 6 heteroatoms. The van der Waals surface area contributed by atoms with E-state index in [1.807, 2.05) is 31.3 Å². The summed E-state index contributed by atoms with van der Waals surface area (Å²) >= 11 is 9.45. The SMILES string of the molecule is CNc1cc(Nc2ccc(Cl)cc2Br)nc(C(C)(C)C)n1. The van der Waals surface area contributed by atoms with Crippen molar-refractivity contribution in [3.63, 3.8) is 0 Å². The Morgan fingerprint density at radius 1 is 1.10 bits per heavy atom. The number of aromatic nitrogens is 2. The van der Waals surface area contributed by atoms with Gasteiger partial charge in [-0.2, -0.15) is 0 Å². The Morgan fingerprint density at radius 3 is 2.33 bits per heavy atom. The average molecular weight is 370 g/mol. The van der Waals surface area contributed by atoms with Gasteiger partial charge in [0.25, 0.3) is 0 Å². The van der Waals surface area contributed by atoms with E-state index in [2.05, 4.69) is 57.3 Å². The zero-order chi connectivity index (χ0) is 15.6. The third-order valence-corrected chi connectivity index (χ3v) is 3.74. The van der Waals surface area contributed by atoms with Crippen LogP contribution in [0.2, 0.25) is 5.02 Å². The lowest BCUT2D eigenvalue weighted by Gasteiger charge is -2.19. The fraction of sp³-hybridized carbons (Fsp3) is 0.333. The Hall–Kier alpha value is -1.33. The van der Waals surface area contributed by atoms with Crippen LogP contribution in [-0.4, -0.2) is 17.0 Å². The first-order chi connectivity index (χ1) is 9.79. The third kappa shape index (κ3) is 4.08. The molecular weight excluding hydrogens is 352 g/mol. The largest absolute Gasteiger partial charge is 0.373 e. The van der Waals surface area contributed by atoms with Crippen LogP contribution in [0.3, 0.4) is 0 Å². The summed E-state index contributed by atoms with van der Waals surface area (Å²) in [6.45, 7) is 6.26. The van der Waals surface area contributed by atoms with Gasteiger partial charge in [0, 0.05) is 28.0 Å². The molecule has 0 unspecified atom stereocenters. The van der Waals surface area contributed by atoms with Gasteiger partial charge in [-0.1, -0.05) is 32.4 Å². The number of nitrogens with one attached hydrogen (secondary N) is 2. The molecule has 0 fully saturated rings. The highest BCUT2D eigenvalue weighted by atomic mass is 79.9. The molecule has 1 aromatic carbocycles. The summed E-state index contributed by atoms with van der Waals surface area (Å²) in [6.07, 6.45) is 0. The van der Waals surface area contributed by atoms with Crippen molar-refractivity contribution in [2.45, 2.75) is 26.2 Å². The third-order valence-electron chi connectivity index (χ3n) is 2.85. The minimum Gasteiger partial charge on any atom is -0.373 e. The summed E-state index contributed by atoms with van der Waals surface area (Å²) in [5, 5.41) is 7.04. The van der Waals surface area contributed by atoms with Crippen LogP contribution in [0.25, 0.3) is 0 Å². The Morgan fingerprint density at radius 2 is 1.76 bits per heavy atom. The van der Waals surface area contributed by atoms with E-state index in [1.165, 1.54) is 0 Å². The summed E-state index contributed by atoms with van der Waals surface area (Å²) in [4.78, 5) is 9.10. The minimum atomic E-state index is -0.124. The van der Waals surface area contributed by atoms with Crippen molar-refractivity contribution >= 4 is 44.9 Å². The second-order valence-electron chi connectivity index (χ2n) is 5.71. The van der Waals surface area contributed by atoms with Gasteiger partial charge in [-0.3, -0.25) is 0 Å². The van der Waals surface area contributed by atoms with E-state index in [4.69, 9.17) is 11.6 Å². The second-order valence-corrected chi connectivity index (χ2v) is 7.00. The molecule has 21 heavy (non-hydrogen) atoms. The van der Waals surface area contributed by atoms with Crippen LogP contribution in [0.4, 0.5) is 17.3 Å². The fourth-order valence-corrected chi connectivity index (χ4v) is 2.49. The maximum atomic E-state index is 5.96. The van der Waals surface area contributed by atoms with Crippen molar-refractivity contribution in [1.82, 2.24) is 9.97 Å². The van der Waals surface area contributed by atoms with Gasteiger partial charge in [0.15, 0.2) is 0 Å². The van der Waals surface area contributed by atoms with Crippen LogP contribution < -0.4 is 10.6 Å². The van der Waals surface area contributed by atoms with Gasteiger partial charge in [-0.25, -0.2) is 9.97 Å². The van der Waals surface area contributed by atoms with Crippen LogP contribution in [0.15, 0.2) is 28.7 Å². The van der Waals surface area contributed by atoms with Crippen molar-refractivity contribution < 1.29 is 0 Å². The summed E-state index contributed by atoms with van der Waals surface area (Å²) in [6, 6.07) is 7.45. The molecule has 0 atom stereocenters. The molecule has 0 aliphatic rings. The molecule has 112 valence electrons. The number of hydrogen-bond acceptors (Lipinski definition) is 4. The molecule has 1 aromatic heterocycles. The van der Waals surface area contributed by atoms with Crippen LogP contribution in [0, 0.1) is 0 Å². The number of nitrogens with zero attached hydrogens (tertiary/aromatic N) is 2. The zero-order valence-electron chi connectivity index (χ0n) is 12.5. The van der Waals surface area contributed by atoms with E-state index in [0.29, 0.717) is 5.02 Å². The molecule has 2 aromatic rings. The molecule has 2 rings (SSSR count). The number of halogens is 2. The summed E-state index contributed by atoms with van der Waals surface area (Å²) in [5.41, 5.74) is 0.778. The fourth-order valence-electron chi connectivity index (χ4n) is 1.70. The molecule has 0 aliphatic heterocycles. The number of rotatable bonds is 3. The maximum Gasteiger partial charge on any atom is 0.138 e. The molecule has 1 heterocycles. The first-order valence-electron chi connectivity index (χ1n) is 6.59. The molecule has 4 nitrogen and oxygen atoms in total. The van der Waals surface area contributed by atoms with E-state index in [0.717, 1.165) is 27.6 Å². The quantitative estimate of drug-likeness (QED) is 0.801. The lowest BCUT2D eigenvalue weighted by Crippen LogP contribution is -2.17. The molecule has 0 spiro atoms. The molecule has 0 aliphatic carbocycles. The van der Waals surface area contributed by atoms with Crippen molar-refractivity contribution in [1.29, 1.82) is 0 Å². The van der Waals surface area contributed by atoms with E-state index < -0.39 is 0 Å². The lowest BCUT2D eigenvalue weighted by atomic mass is 9.96. The normalized spacial score (nSPS) is 11.3. The van der Waals surface area contributed by atoms with Crippen molar-refractivity contribution in [2.75, 3.05) is 17.7 Å². The smallest absolute Gasteiger partial charge is 0.138 e. The predicted octanol–water partition coefficient (Wildman–Crippen LogP) is 4.98. The van der Waals surface area contributed by atoms with Crippen LogP contribution in [0.5, 0.6) is 0 Å². The lowest BCUT2D eigenvalue weighted by molar-refractivity contribution is 0.547.